The van der Waals surface area contributed by atoms with Gasteiger partial charge in [0.2, 0.25) is 5.43 Å². The lowest BCUT2D eigenvalue weighted by Gasteiger charge is -2.12. The minimum Gasteiger partial charge on any atom is -0.491 e. The van der Waals surface area contributed by atoms with Gasteiger partial charge in [0.1, 0.15) is 17.9 Å². The normalized spacial score (nSPS) is 11.0. The molecule has 1 heterocycles. The summed E-state index contributed by atoms with van der Waals surface area (Å²) in [7, 11) is 0. The lowest BCUT2D eigenvalue weighted by atomic mass is 10.1. The maximum atomic E-state index is 12.4. The number of hydrogen-bond acceptors (Lipinski definition) is 6. The molecule has 0 aliphatic carbocycles. The van der Waals surface area contributed by atoms with Gasteiger partial charge in [-0.2, -0.15) is 0 Å². The fraction of sp³-hybridized carbons (Fsp3) is 0.444. The number of aryl methyl sites for hydroxylation is 1. The molecule has 2 rings (SSSR count). The Morgan fingerprint density at radius 1 is 1.15 bits per heavy atom. The number of hydrogen-bond donors (Lipinski definition) is 2. The van der Waals surface area contributed by atoms with Crippen molar-refractivity contribution in [2.75, 3.05) is 39.6 Å². The molecule has 0 spiro atoms. The minimum atomic E-state index is -1.24. The number of ether oxygens (including phenoxy) is 3. The molecule has 0 atom stereocenters. The van der Waals surface area contributed by atoms with E-state index in [9.17, 15) is 14.7 Å². The zero-order chi connectivity index (χ0) is 18.9. The summed E-state index contributed by atoms with van der Waals surface area (Å²) in [5, 5.41) is 9.53. The highest BCUT2D eigenvalue weighted by Crippen LogP contribution is 2.19. The molecule has 142 valence electrons. The maximum Gasteiger partial charge on any atom is 0.341 e. The van der Waals surface area contributed by atoms with Crippen molar-refractivity contribution in [2.24, 2.45) is 5.73 Å². The first-order valence-electron chi connectivity index (χ1n) is 8.47. The number of fused-ring (bicyclic) bond motifs is 1. The Bertz CT molecular complexity index is 802. The fourth-order valence-electron chi connectivity index (χ4n) is 2.50. The highest BCUT2D eigenvalue weighted by Gasteiger charge is 2.14. The molecule has 0 bridgehead atoms. The summed E-state index contributed by atoms with van der Waals surface area (Å²) in [6, 6.07) is 5.07. The third-order valence-corrected chi connectivity index (χ3v) is 3.75. The summed E-state index contributed by atoms with van der Waals surface area (Å²) < 4.78 is 17.9. The Labute approximate surface area is 151 Å². The second-order valence-electron chi connectivity index (χ2n) is 5.50. The zero-order valence-electron chi connectivity index (χ0n) is 14.8. The van der Waals surface area contributed by atoms with E-state index in [1.165, 1.54) is 6.20 Å². The summed E-state index contributed by atoms with van der Waals surface area (Å²) in [4.78, 5) is 23.7. The van der Waals surface area contributed by atoms with Gasteiger partial charge in [-0.3, -0.25) is 4.79 Å². The molecule has 0 saturated carbocycles. The number of carboxylic acids is 1. The Balaban J connectivity index is 2.03. The van der Waals surface area contributed by atoms with Gasteiger partial charge >= 0.3 is 5.97 Å². The monoisotopic (exact) mass is 364 g/mol. The van der Waals surface area contributed by atoms with Crippen molar-refractivity contribution < 1.29 is 24.1 Å². The number of carboxylic acid groups (broad SMARTS) is 1. The number of benzene rings is 1. The first-order chi connectivity index (χ1) is 12.6. The first-order valence-corrected chi connectivity index (χ1v) is 8.47. The van der Waals surface area contributed by atoms with Crippen molar-refractivity contribution in [2.45, 2.75) is 13.5 Å². The lowest BCUT2D eigenvalue weighted by molar-refractivity contribution is 0.0388. The van der Waals surface area contributed by atoms with Crippen LogP contribution in [0.1, 0.15) is 17.3 Å². The summed E-state index contributed by atoms with van der Waals surface area (Å²) in [6.07, 6.45) is 1.37. The molecule has 2 aromatic rings. The molecule has 8 nitrogen and oxygen atoms in total. The molecule has 0 radical (unpaired) electrons. The maximum absolute atomic E-state index is 12.4. The van der Waals surface area contributed by atoms with E-state index in [-0.39, 0.29) is 5.56 Å². The van der Waals surface area contributed by atoms with E-state index >= 15 is 0 Å². The summed E-state index contributed by atoms with van der Waals surface area (Å²) in [6.45, 7) is 5.03. The molecule has 0 fully saturated rings. The highest BCUT2D eigenvalue weighted by atomic mass is 16.5. The molecule has 1 aromatic heterocycles. The Hall–Kier alpha value is -2.42. The molecular weight excluding hydrogens is 340 g/mol. The van der Waals surface area contributed by atoms with E-state index in [2.05, 4.69) is 0 Å². The number of rotatable bonds is 11. The van der Waals surface area contributed by atoms with Crippen LogP contribution in [0.15, 0.2) is 29.2 Å². The lowest BCUT2D eigenvalue weighted by Crippen LogP contribution is -2.18. The van der Waals surface area contributed by atoms with E-state index < -0.39 is 11.4 Å². The van der Waals surface area contributed by atoms with Crippen LogP contribution in [-0.4, -0.2) is 55.2 Å². The molecule has 0 amide bonds. The van der Waals surface area contributed by atoms with Crippen molar-refractivity contribution in [1.82, 2.24) is 4.57 Å². The SMILES string of the molecule is CCn1cc(C(=O)O)c(=O)c2cc(OCCOCCOCCN)ccc21. The molecule has 0 unspecified atom stereocenters. The topological polar surface area (TPSA) is 113 Å². The van der Waals surface area contributed by atoms with E-state index in [1.54, 1.807) is 22.8 Å². The van der Waals surface area contributed by atoms with Gasteiger partial charge in [-0.1, -0.05) is 0 Å². The van der Waals surface area contributed by atoms with Crippen LogP contribution in [0, 0.1) is 0 Å². The van der Waals surface area contributed by atoms with Crippen LogP contribution in [0.3, 0.4) is 0 Å². The molecule has 0 saturated heterocycles. The van der Waals surface area contributed by atoms with E-state index in [4.69, 9.17) is 19.9 Å². The standard InChI is InChI=1S/C18H24N2O6/c1-2-20-12-15(18(22)23)17(21)14-11-13(3-4-16(14)20)26-10-9-25-8-7-24-6-5-19/h3-4,11-12H,2,5-10,19H2,1H3,(H,22,23). The minimum absolute atomic E-state index is 0.252. The summed E-state index contributed by atoms with van der Waals surface area (Å²) >= 11 is 0. The second-order valence-corrected chi connectivity index (χ2v) is 5.50. The molecule has 0 aliphatic rings. The Kier molecular flexibility index (Phi) is 7.58. The average molecular weight is 364 g/mol. The van der Waals surface area contributed by atoms with Gasteiger partial charge in [0.05, 0.1) is 37.3 Å². The predicted molar refractivity (Wildman–Crippen MR) is 97.0 cm³/mol. The summed E-state index contributed by atoms with van der Waals surface area (Å²) in [5.41, 5.74) is 5.21. The van der Waals surface area contributed by atoms with E-state index in [1.807, 2.05) is 6.92 Å². The van der Waals surface area contributed by atoms with Crippen LogP contribution in [0.25, 0.3) is 10.9 Å². The van der Waals surface area contributed by atoms with Gasteiger partial charge in [0.25, 0.3) is 0 Å². The Morgan fingerprint density at radius 2 is 1.85 bits per heavy atom. The highest BCUT2D eigenvalue weighted by molar-refractivity contribution is 5.92. The number of pyridine rings is 1. The zero-order valence-corrected chi connectivity index (χ0v) is 14.8. The first kappa shape index (κ1) is 19.9. The quantitative estimate of drug-likeness (QED) is 0.574. The smallest absolute Gasteiger partial charge is 0.341 e. The van der Waals surface area contributed by atoms with Crippen LogP contribution in [0.2, 0.25) is 0 Å². The fourth-order valence-corrected chi connectivity index (χ4v) is 2.50. The number of nitrogens with zero attached hydrogens (tertiary/aromatic N) is 1. The number of aromatic nitrogens is 1. The number of nitrogens with two attached hydrogens (primary N) is 1. The van der Waals surface area contributed by atoms with Crippen LogP contribution < -0.4 is 15.9 Å². The van der Waals surface area contributed by atoms with Gasteiger partial charge in [-0.25, -0.2) is 4.79 Å². The van der Waals surface area contributed by atoms with Gasteiger partial charge < -0.3 is 29.6 Å². The second kappa shape index (κ2) is 9.91. The number of carbonyl (C=O) groups is 1. The number of aromatic carboxylic acids is 1. The van der Waals surface area contributed by atoms with Gasteiger partial charge in [-0.15, -0.1) is 0 Å². The van der Waals surface area contributed by atoms with Crippen molar-refractivity contribution in [3.05, 3.63) is 40.2 Å². The molecule has 26 heavy (non-hydrogen) atoms. The van der Waals surface area contributed by atoms with Crippen LogP contribution in [0.5, 0.6) is 5.75 Å². The van der Waals surface area contributed by atoms with Gasteiger partial charge in [0.15, 0.2) is 0 Å². The Morgan fingerprint density at radius 3 is 2.50 bits per heavy atom. The molecule has 0 aliphatic heterocycles. The third-order valence-electron chi connectivity index (χ3n) is 3.75. The molecule has 3 N–H and O–H groups in total. The van der Waals surface area contributed by atoms with E-state index in [0.717, 1.165) is 0 Å². The largest absolute Gasteiger partial charge is 0.491 e. The van der Waals surface area contributed by atoms with E-state index in [0.29, 0.717) is 62.8 Å². The predicted octanol–water partition coefficient (Wildman–Crippen LogP) is 1.09. The van der Waals surface area contributed by atoms with Crippen LogP contribution in [0.4, 0.5) is 0 Å². The van der Waals surface area contributed by atoms with Crippen LogP contribution >= 0.6 is 0 Å². The average Bonchev–Trinajstić information content (AvgIpc) is 2.64. The van der Waals surface area contributed by atoms with Crippen molar-refractivity contribution >= 4 is 16.9 Å². The van der Waals surface area contributed by atoms with Crippen molar-refractivity contribution in [3.63, 3.8) is 0 Å². The molecule has 8 heteroatoms. The van der Waals surface area contributed by atoms with Gasteiger partial charge in [0, 0.05) is 19.3 Å². The van der Waals surface area contributed by atoms with Crippen LogP contribution in [-0.2, 0) is 16.0 Å². The van der Waals surface area contributed by atoms with Crippen molar-refractivity contribution in [3.8, 4) is 5.75 Å². The van der Waals surface area contributed by atoms with Crippen molar-refractivity contribution in [1.29, 1.82) is 0 Å². The third kappa shape index (κ3) is 5.04. The molecule has 1 aromatic carbocycles. The van der Waals surface area contributed by atoms with Gasteiger partial charge in [-0.05, 0) is 25.1 Å². The molecular formula is C18H24N2O6. The summed E-state index contributed by atoms with van der Waals surface area (Å²) in [5.74, 6) is -0.751.